The van der Waals surface area contributed by atoms with Gasteiger partial charge >= 0.3 is 0 Å². The van der Waals surface area contributed by atoms with E-state index in [9.17, 15) is 20.0 Å². The fourth-order valence-electron chi connectivity index (χ4n) is 2.26. The molecule has 110 valence electrons. The zero-order valence-corrected chi connectivity index (χ0v) is 12.0. The second-order valence-electron chi connectivity index (χ2n) is 4.71. The summed E-state index contributed by atoms with van der Waals surface area (Å²) in [5.74, 6) is -0.889. The van der Waals surface area contributed by atoms with Crippen LogP contribution in [0.4, 0.5) is 0 Å². The Kier molecular flexibility index (Phi) is 4.23. The Morgan fingerprint density at radius 2 is 2.05 bits per heavy atom. The molecule has 22 heavy (non-hydrogen) atoms. The van der Waals surface area contributed by atoms with Gasteiger partial charge in [0.15, 0.2) is 5.78 Å². The lowest BCUT2D eigenvalue weighted by Gasteiger charge is -2.14. The van der Waals surface area contributed by atoms with Crippen LogP contribution in [0.1, 0.15) is 27.0 Å². The Morgan fingerprint density at radius 1 is 1.41 bits per heavy atom. The predicted octanol–water partition coefficient (Wildman–Crippen LogP) is 2.15. The van der Waals surface area contributed by atoms with Gasteiger partial charge in [-0.15, -0.1) is 6.58 Å². The van der Waals surface area contributed by atoms with E-state index >= 15 is 0 Å². The molecule has 1 aromatic heterocycles. The van der Waals surface area contributed by atoms with Gasteiger partial charge in [0, 0.05) is 12.1 Å². The van der Waals surface area contributed by atoms with E-state index in [1.54, 1.807) is 36.4 Å². The van der Waals surface area contributed by atoms with Gasteiger partial charge in [-0.2, -0.15) is 5.26 Å². The number of nitriles is 1. The van der Waals surface area contributed by atoms with Gasteiger partial charge in [-0.05, 0) is 12.5 Å². The maximum Gasteiger partial charge on any atom is 0.271 e. The van der Waals surface area contributed by atoms with Crippen molar-refractivity contribution in [2.75, 3.05) is 0 Å². The molecular formula is C17H14N2O3. The monoisotopic (exact) mass is 294 g/mol. The van der Waals surface area contributed by atoms with E-state index in [0.29, 0.717) is 5.56 Å². The Labute approximate surface area is 127 Å². The van der Waals surface area contributed by atoms with Crippen LogP contribution >= 0.6 is 0 Å². The highest BCUT2D eigenvalue weighted by atomic mass is 16.3. The first kappa shape index (κ1) is 15.3. The fourth-order valence-corrected chi connectivity index (χ4v) is 2.26. The molecular weight excluding hydrogens is 280 g/mol. The van der Waals surface area contributed by atoms with Gasteiger partial charge in [0.05, 0.1) is 5.56 Å². The molecule has 1 aromatic carbocycles. The van der Waals surface area contributed by atoms with E-state index in [1.807, 2.05) is 0 Å². The summed E-state index contributed by atoms with van der Waals surface area (Å²) in [6, 6.07) is 10.2. The summed E-state index contributed by atoms with van der Waals surface area (Å²) >= 11 is 0. The van der Waals surface area contributed by atoms with Crippen LogP contribution in [0.2, 0.25) is 0 Å². The molecule has 2 aromatic rings. The highest BCUT2D eigenvalue weighted by molar-refractivity contribution is 6.11. The zero-order chi connectivity index (χ0) is 16.3. The summed E-state index contributed by atoms with van der Waals surface area (Å²) in [7, 11) is 0. The number of aromatic hydroxyl groups is 1. The Balaban J connectivity index is 2.79. The third kappa shape index (κ3) is 2.42. The third-order valence-electron chi connectivity index (χ3n) is 3.37. The summed E-state index contributed by atoms with van der Waals surface area (Å²) in [6.45, 7) is 5.00. The molecule has 1 N–H and O–H groups in total. The van der Waals surface area contributed by atoms with Gasteiger partial charge in [0.25, 0.3) is 5.56 Å². The van der Waals surface area contributed by atoms with Gasteiger partial charge in [-0.25, -0.2) is 0 Å². The number of ketones is 1. The Hall–Kier alpha value is -3.13. The number of hydrogen-bond donors (Lipinski definition) is 1. The smallest absolute Gasteiger partial charge is 0.271 e. The van der Waals surface area contributed by atoms with E-state index in [0.717, 1.165) is 4.57 Å². The lowest BCUT2D eigenvalue weighted by Crippen LogP contribution is -2.26. The number of rotatable bonds is 4. The molecule has 0 atom stereocenters. The Morgan fingerprint density at radius 3 is 2.59 bits per heavy atom. The second kappa shape index (κ2) is 6.10. The minimum Gasteiger partial charge on any atom is -0.494 e. The molecule has 5 heteroatoms. The van der Waals surface area contributed by atoms with E-state index < -0.39 is 17.2 Å². The standard InChI is InChI=1S/C17H14N2O3/c1-3-9-19-16(21)13(10-18)11(2)14(17(19)22)15(20)12-7-5-4-6-8-12/h3-8,22H,1,9H2,2H3. The number of aromatic nitrogens is 1. The number of pyridine rings is 1. The van der Waals surface area contributed by atoms with Crippen molar-refractivity contribution in [1.29, 1.82) is 5.26 Å². The van der Waals surface area contributed by atoms with Crippen LogP contribution in [0.15, 0.2) is 47.8 Å². The number of hydrogen-bond acceptors (Lipinski definition) is 4. The molecule has 0 saturated heterocycles. The summed E-state index contributed by atoms with van der Waals surface area (Å²) < 4.78 is 0.967. The molecule has 5 nitrogen and oxygen atoms in total. The molecule has 0 bridgehead atoms. The van der Waals surface area contributed by atoms with Gasteiger partial charge in [-0.3, -0.25) is 14.2 Å². The fraction of sp³-hybridized carbons (Fsp3) is 0.118. The normalized spacial score (nSPS) is 10.0. The SMILES string of the molecule is C=CCn1c(O)c(C(=O)c2ccccc2)c(C)c(C#N)c1=O. The first-order valence-corrected chi connectivity index (χ1v) is 6.60. The predicted molar refractivity (Wildman–Crippen MR) is 81.9 cm³/mol. The van der Waals surface area contributed by atoms with Crippen molar-refractivity contribution in [3.8, 4) is 11.9 Å². The lowest BCUT2D eigenvalue weighted by atomic mass is 9.97. The largest absolute Gasteiger partial charge is 0.494 e. The zero-order valence-electron chi connectivity index (χ0n) is 12.0. The number of allylic oxidation sites excluding steroid dienone is 1. The highest BCUT2D eigenvalue weighted by Crippen LogP contribution is 2.24. The van der Waals surface area contributed by atoms with Crippen LogP contribution in [-0.4, -0.2) is 15.5 Å². The minimum absolute atomic E-state index is 0.00863. The molecule has 0 amide bonds. The van der Waals surface area contributed by atoms with Crippen molar-refractivity contribution in [2.45, 2.75) is 13.5 Å². The quantitative estimate of drug-likeness (QED) is 0.692. The third-order valence-corrected chi connectivity index (χ3v) is 3.37. The minimum atomic E-state index is -0.637. The van der Waals surface area contributed by atoms with Crippen molar-refractivity contribution in [3.05, 3.63) is 75.6 Å². The maximum absolute atomic E-state index is 12.6. The average molecular weight is 294 g/mol. The molecule has 0 radical (unpaired) electrons. The maximum atomic E-state index is 12.6. The summed E-state index contributed by atoms with van der Waals surface area (Å²) in [5, 5.41) is 19.5. The summed E-state index contributed by atoms with van der Waals surface area (Å²) in [6.07, 6.45) is 1.41. The van der Waals surface area contributed by atoms with Crippen LogP contribution in [0.3, 0.4) is 0 Å². The van der Waals surface area contributed by atoms with Crippen molar-refractivity contribution in [2.24, 2.45) is 0 Å². The number of carbonyl (C=O) groups is 1. The summed E-state index contributed by atoms with van der Waals surface area (Å²) in [5.41, 5.74) is -0.280. The van der Waals surface area contributed by atoms with Crippen molar-refractivity contribution in [3.63, 3.8) is 0 Å². The van der Waals surface area contributed by atoms with Crippen LogP contribution in [0.5, 0.6) is 5.88 Å². The molecule has 0 saturated carbocycles. The Bertz CT molecular complexity index is 843. The average Bonchev–Trinajstić information content (AvgIpc) is 2.52. The van der Waals surface area contributed by atoms with E-state index in [4.69, 9.17) is 0 Å². The van der Waals surface area contributed by atoms with Crippen LogP contribution in [0, 0.1) is 18.3 Å². The highest BCUT2D eigenvalue weighted by Gasteiger charge is 2.24. The van der Waals surface area contributed by atoms with Crippen molar-refractivity contribution < 1.29 is 9.90 Å². The van der Waals surface area contributed by atoms with Crippen molar-refractivity contribution >= 4 is 5.78 Å². The first-order valence-electron chi connectivity index (χ1n) is 6.60. The molecule has 0 spiro atoms. The number of benzene rings is 1. The molecule has 0 aliphatic carbocycles. The number of carbonyl (C=O) groups excluding carboxylic acids is 1. The molecule has 0 aliphatic heterocycles. The topological polar surface area (TPSA) is 83.1 Å². The first-order chi connectivity index (χ1) is 10.5. The van der Waals surface area contributed by atoms with Gasteiger partial charge in [0.1, 0.15) is 11.6 Å². The molecule has 1 heterocycles. The van der Waals surface area contributed by atoms with E-state index in [2.05, 4.69) is 6.58 Å². The lowest BCUT2D eigenvalue weighted by molar-refractivity contribution is 0.103. The van der Waals surface area contributed by atoms with E-state index in [1.165, 1.54) is 13.0 Å². The van der Waals surface area contributed by atoms with Gasteiger partial charge in [-0.1, -0.05) is 36.4 Å². The number of nitrogens with zero attached hydrogens (tertiary/aromatic N) is 2. The van der Waals surface area contributed by atoms with Gasteiger partial charge in [0.2, 0.25) is 5.88 Å². The van der Waals surface area contributed by atoms with Crippen molar-refractivity contribution in [1.82, 2.24) is 4.57 Å². The molecule has 0 fully saturated rings. The van der Waals surface area contributed by atoms with E-state index in [-0.39, 0.29) is 23.2 Å². The summed E-state index contributed by atoms with van der Waals surface area (Å²) in [4.78, 5) is 24.8. The second-order valence-corrected chi connectivity index (χ2v) is 4.71. The van der Waals surface area contributed by atoms with Crippen LogP contribution in [-0.2, 0) is 6.54 Å². The van der Waals surface area contributed by atoms with Gasteiger partial charge < -0.3 is 5.11 Å². The molecule has 2 rings (SSSR count). The molecule has 0 aliphatic rings. The molecule has 0 unspecified atom stereocenters. The van der Waals surface area contributed by atoms with Crippen LogP contribution < -0.4 is 5.56 Å². The van der Waals surface area contributed by atoms with Crippen LogP contribution in [0.25, 0.3) is 0 Å².